The minimum Gasteiger partial charge on any atom is -0.490 e. The maximum Gasteiger partial charge on any atom is 0.120 e. The van der Waals surface area contributed by atoms with E-state index in [9.17, 15) is 0 Å². The number of piperidine rings is 1. The van der Waals surface area contributed by atoms with Gasteiger partial charge in [-0.2, -0.15) is 0 Å². The first-order valence-electron chi connectivity index (χ1n) is 8.18. The molecule has 0 saturated carbocycles. The number of hydrogen-bond donors (Lipinski definition) is 0. The van der Waals surface area contributed by atoms with Crippen LogP contribution in [-0.2, 0) is 5.41 Å². The molecule has 1 saturated heterocycles. The van der Waals surface area contributed by atoms with Gasteiger partial charge >= 0.3 is 0 Å². The van der Waals surface area contributed by atoms with Crippen LogP contribution < -0.4 is 4.74 Å². The molecule has 0 spiro atoms. The summed E-state index contributed by atoms with van der Waals surface area (Å²) in [6, 6.07) is 8.59. The number of nitrogens with zero attached hydrogens (tertiary/aromatic N) is 1. The predicted molar refractivity (Wildman–Crippen MR) is 90.1 cm³/mol. The molecule has 0 aliphatic carbocycles. The van der Waals surface area contributed by atoms with Crippen LogP contribution in [0.1, 0.15) is 59.9 Å². The lowest BCUT2D eigenvalue weighted by Gasteiger charge is -2.40. The molecule has 0 aromatic heterocycles. The van der Waals surface area contributed by atoms with Crippen LogP contribution in [-0.4, -0.2) is 29.6 Å². The Balaban J connectivity index is 1.95. The van der Waals surface area contributed by atoms with E-state index < -0.39 is 0 Å². The van der Waals surface area contributed by atoms with E-state index in [0.29, 0.717) is 6.10 Å². The molecule has 0 amide bonds. The second kappa shape index (κ2) is 6.00. The third-order valence-corrected chi connectivity index (χ3v) is 4.39. The molecule has 1 aromatic rings. The van der Waals surface area contributed by atoms with E-state index >= 15 is 0 Å². The molecule has 21 heavy (non-hydrogen) atoms. The fraction of sp³-hybridized carbons (Fsp3) is 0.684. The van der Waals surface area contributed by atoms with Crippen molar-refractivity contribution in [2.24, 2.45) is 0 Å². The zero-order chi connectivity index (χ0) is 15.7. The minimum atomic E-state index is 0.176. The first-order chi connectivity index (χ1) is 9.66. The Hall–Kier alpha value is -1.02. The van der Waals surface area contributed by atoms with E-state index in [2.05, 4.69) is 70.7 Å². The molecular weight excluding hydrogens is 258 g/mol. The summed E-state index contributed by atoms with van der Waals surface area (Å²) in [5.41, 5.74) is 1.79. The van der Waals surface area contributed by atoms with Crippen molar-refractivity contribution in [2.45, 2.75) is 71.4 Å². The van der Waals surface area contributed by atoms with Gasteiger partial charge < -0.3 is 4.74 Å². The van der Waals surface area contributed by atoms with Crippen molar-refractivity contribution in [1.29, 1.82) is 0 Å². The van der Waals surface area contributed by atoms with Crippen LogP contribution in [0.5, 0.6) is 5.75 Å². The van der Waals surface area contributed by atoms with E-state index in [0.717, 1.165) is 31.7 Å². The number of rotatable bonds is 2. The highest BCUT2D eigenvalue weighted by Gasteiger charge is 2.27. The van der Waals surface area contributed by atoms with Gasteiger partial charge in [-0.05, 0) is 56.7 Å². The van der Waals surface area contributed by atoms with Gasteiger partial charge in [-0.15, -0.1) is 0 Å². The van der Waals surface area contributed by atoms with Crippen molar-refractivity contribution in [3.05, 3.63) is 29.8 Å². The number of benzene rings is 1. The van der Waals surface area contributed by atoms with Gasteiger partial charge in [-0.1, -0.05) is 32.9 Å². The first-order valence-corrected chi connectivity index (χ1v) is 8.18. The van der Waals surface area contributed by atoms with Crippen molar-refractivity contribution in [2.75, 3.05) is 13.1 Å². The van der Waals surface area contributed by atoms with E-state index in [-0.39, 0.29) is 11.0 Å². The van der Waals surface area contributed by atoms with Crippen LogP contribution in [0.15, 0.2) is 24.3 Å². The Morgan fingerprint density at radius 2 is 1.62 bits per heavy atom. The normalized spacial score (nSPS) is 18.8. The number of hydrogen-bond acceptors (Lipinski definition) is 2. The van der Waals surface area contributed by atoms with Crippen LogP contribution >= 0.6 is 0 Å². The molecule has 0 atom stereocenters. The summed E-state index contributed by atoms with van der Waals surface area (Å²) >= 11 is 0. The zero-order valence-electron chi connectivity index (χ0n) is 14.6. The third kappa shape index (κ3) is 4.47. The van der Waals surface area contributed by atoms with Gasteiger partial charge in [0.25, 0.3) is 0 Å². The molecule has 118 valence electrons. The van der Waals surface area contributed by atoms with Crippen LogP contribution in [0.3, 0.4) is 0 Å². The maximum absolute atomic E-state index is 6.23. The molecule has 0 bridgehead atoms. The summed E-state index contributed by atoms with van der Waals surface area (Å²) in [6.07, 6.45) is 2.60. The van der Waals surface area contributed by atoms with E-state index in [1.165, 1.54) is 5.56 Å². The third-order valence-electron chi connectivity index (χ3n) is 4.39. The molecule has 1 aliphatic heterocycles. The highest BCUT2D eigenvalue weighted by atomic mass is 16.5. The van der Waals surface area contributed by atoms with E-state index in [1.54, 1.807) is 0 Å². The standard InChI is InChI=1S/C19H31NO/c1-18(2,3)15-8-7-9-17(14-15)21-16-10-12-20(13-11-16)19(4,5)6/h7-9,14,16H,10-13H2,1-6H3. The van der Waals surface area contributed by atoms with Crippen LogP contribution in [0.2, 0.25) is 0 Å². The monoisotopic (exact) mass is 289 g/mol. The summed E-state index contributed by atoms with van der Waals surface area (Å²) in [6.45, 7) is 15.9. The lowest BCUT2D eigenvalue weighted by atomic mass is 9.87. The largest absolute Gasteiger partial charge is 0.490 e. The second-order valence-electron chi connectivity index (χ2n) is 8.25. The molecule has 2 nitrogen and oxygen atoms in total. The van der Waals surface area contributed by atoms with Crippen molar-refractivity contribution in [1.82, 2.24) is 4.90 Å². The summed E-state index contributed by atoms with van der Waals surface area (Å²) in [4.78, 5) is 2.55. The zero-order valence-corrected chi connectivity index (χ0v) is 14.6. The fourth-order valence-electron chi connectivity index (χ4n) is 2.87. The van der Waals surface area contributed by atoms with Crippen molar-refractivity contribution in [3.8, 4) is 5.75 Å². The summed E-state index contributed by atoms with van der Waals surface area (Å²) in [5, 5.41) is 0. The molecular formula is C19H31NO. The van der Waals surface area contributed by atoms with Gasteiger partial charge in [0.2, 0.25) is 0 Å². The minimum absolute atomic E-state index is 0.176. The van der Waals surface area contributed by atoms with Crippen LogP contribution in [0.25, 0.3) is 0 Å². The van der Waals surface area contributed by atoms with Gasteiger partial charge in [-0.25, -0.2) is 0 Å². The Labute approximate surface area is 130 Å². The Kier molecular flexibility index (Phi) is 4.67. The fourth-order valence-corrected chi connectivity index (χ4v) is 2.87. The Morgan fingerprint density at radius 3 is 2.14 bits per heavy atom. The molecule has 0 N–H and O–H groups in total. The maximum atomic E-state index is 6.23. The average Bonchev–Trinajstić information content (AvgIpc) is 2.37. The second-order valence-corrected chi connectivity index (χ2v) is 8.25. The highest BCUT2D eigenvalue weighted by Crippen LogP contribution is 2.28. The molecule has 0 unspecified atom stereocenters. The van der Waals surface area contributed by atoms with E-state index in [4.69, 9.17) is 4.74 Å². The Morgan fingerprint density at radius 1 is 1.00 bits per heavy atom. The molecule has 2 heteroatoms. The van der Waals surface area contributed by atoms with Crippen LogP contribution in [0, 0.1) is 0 Å². The van der Waals surface area contributed by atoms with E-state index in [1.807, 2.05) is 0 Å². The van der Waals surface area contributed by atoms with Gasteiger partial charge in [0, 0.05) is 18.6 Å². The molecule has 1 heterocycles. The SMILES string of the molecule is CC(C)(C)c1cccc(OC2CCN(C(C)(C)C)CC2)c1. The summed E-state index contributed by atoms with van der Waals surface area (Å²) in [7, 11) is 0. The molecule has 0 radical (unpaired) electrons. The molecule has 1 aliphatic rings. The van der Waals surface area contributed by atoms with Crippen molar-refractivity contribution in [3.63, 3.8) is 0 Å². The molecule has 2 rings (SSSR count). The van der Waals surface area contributed by atoms with Crippen molar-refractivity contribution >= 4 is 0 Å². The van der Waals surface area contributed by atoms with Gasteiger partial charge in [-0.3, -0.25) is 4.90 Å². The Bertz CT molecular complexity index is 459. The highest BCUT2D eigenvalue weighted by molar-refractivity contribution is 5.32. The molecule has 1 aromatic carbocycles. The summed E-state index contributed by atoms with van der Waals surface area (Å²) in [5.74, 6) is 1.02. The topological polar surface area (TPSA) is 12.5 Å². The first kappa shape index (κ1) is 16.4. The van der Waals surface area contributed by atoms with Crippen LogP contribution in [0.4, 0.5) is 0 Å². The molecule has 1 fully saturated rings. The summed E-state index contributed by atoms with van der Waals surface area (Å²) < 4.78 is 6.23. The van der Waals surface area contributed by atoms with Gasteiger partial charge in [0.05, 0.1) is 0 Å². The van der Waals surface area contributed by atoms with Gasteiger partial charge in [0.15, 0.2) is 0 Å². The van der Waals surface area contributed by atoms with Gasteiger partial charge in [0.1, 0.15) is 11.9 Å². The lowest BCUT2D eigenvalue weighted by molar-refractivity contribution is 0.0491. The number of ether oxygens (including phenoxy) is 1. The average molecular weight is 289 g/mol. The number of likely N-dealkylation sites (tertiary alicyclic amines) is 1. The van der Waals surface area contributed by atoms with Crippen molar-refractivity contribution < 1.29 is 4.74 Å². The quantitative estimate of drug-likeness (QED) is 0.787. The predicted octanol–water partition coefficient (Wildman–Crippen LogP) is 4.63. The lowest BCUT2D eigenvalue weighted by Crippen LogP contribution is -2.48. The smallest absolute Gasteiger partial charge is 0.120 e.